The number of rotatable bonds is 0. The number of aliphatic hydroxyl groups is 1. The zero-order valence-corrected chi connectivity index (χ0v) is 7.70. The van der Waals surface area contributed by atoms with Crippen LogP contribution in [0.1, 0.15) is 19.5 Å². The molecule has 1 aromatic rings. The van der Waals surface area contributed by atoms with Crippen molar-refractivity contribution in [1.29, 1.82) is 0 Å². The summed E-state index contributed by atoms with van der Waals surface area (Å²) in [6.07, 6.45) is 1.79. The summed E-state index contributed by atoms with van der Waals surface area (Å²) in [5.74, 6) is 0. The molecule has 1 heterocycles. The van der Waals surface area contributed by atoms with Gasteiger partial charge in [-0.3, -0.25) is 4.98 Å². The largest absolute Gasteiger partial charge is 0.400 e. The maximum Gasteiger partial charge on any atom is 0.0372 e. The fourth-order valence-electron chi connectivity index (χ4n) is 0.448. The van der Waals surface area contributed by atoms with E-state index in [0.717, 1.165) is 12.8 Å². The molecular weight excluding hydrogens is 138 g/mol. The normalized spacial score (nSPS) is 6.64. The average molecular weight is 155 g/mol. The maximum absolute atomic E-state index is 7.00. The van der Waals surface area contributed by atoms with E-state index in [2.05, 4.69) is 4.98 Å². The molecule has 0 aliphatic rings. The van der Waals surface area contributed by atoms with E-state index in [9.17, 15) is 0 Å². The Morgan fingerprint density at radius 1 is 1.18 bits per heavy atom. The Morgan fingerprint density at radius 2 is 1.73 bits per heavy atom. The van der Waals surface area contributed by atoms with E-state index in [1.807, 2.05) is 39.0 Å². The minimum atomic E-state index is 1.00. The van der Waals surface area contributed by atoms with E-state index in [0.29, 0.717) is 0 Å². The summed E-state index contributed by atoms with van der Waals surface area (Å²) < 4.78 is 0. The minimum Gasteiger partial charge on any atom is -0.400 e. The van der Waals surface area contributed by atoms with Crippen LogP contribution in [0.2, 0.25) is 0 Å². The molecule has 0 spiro atoms. The molecule has 11 heavy (non-hydrogen) atoms. The zero-order chi connectivity index (χ0) is 9.11. The van der Waals surface area contributed by atoms with Crippen molar-refractivity contribution in [1.82, 2.24) is 4.98 Å². The number of aromatic nitrogens is 1. The first-order chi connectivity index (χ1) is 5.39. The van der Waals surface area contributed by atoms with Crippen LogP contribution < -0.4 is 0 Å². The molecule has 0 amide bonds. The van der Waals surface area contributed by atoms with E-state index in [1.165, 1.54) is 0 Å². The van der Waals surface area contributed by atoms with Crippen molar-refractivity contribution < 1.29 is 5.11 Å². The molecule has 1 rings (SSSR count). The third kappa shape index (κ3) is 9.11. The molecule has 0 aliphatic carbocycles. The van der Waals surface area contributed by atoms with Crippen molar-refractivity contribution in [3.05, 3.63) is 30.1 Å². The number of nitrogens with zero attached hydrogens (tertiary/aromatic N) is 1. The van der Waals surface area contributed by atoms with Crippen LogP contribution in [0.4, 0.5) is 0 Å². The predicted molar refractivity (Wildman–Crippen MR) is 48.5 cm³/mol. The van der Waals surface area contributed by atoms with Crippen LogP contribution >= 0.6 is 0 Å². The third-order valence-electron chi connectivity index (χ3n) is 0.813. The number of hydrogen-bond acceptors (Lipinski definition) is 2. The number of aryl methyl sites for hydroxylation is 1. The zero-order valence-electron chi connectivity index (χ0n) is 7.70. The Morgan fingerprint density at radius 3 is 1.91 bits per heavy atom. The summed E-state index contributed by atoms with van der Waals surface area (Å²) in [6.45, 7) is 5.97. The lowest BCUT2D eigenvalue weighted by molar-refractivity contribution is 0.399. The summed E-state index contributed by atoms with van der Waals surface area (Å²) in [5.41, 5.74) is 1.07. The molecule has 0 aliphatic heterocycles. The van der Waals surface area contributed by atoms with Gasteiger partial charge in [0.05, 0.1) is 0 Å². The number of pyridine rings is 1. The average Bonchev–Trinajstić information content (AvgIpc) is 2.13. The predicted octanol–water partition coefficient (Wildman–Crippen LogP) is 2.02. The first-order valence-corrected chi connectivity index (χ1v) is 3.72. The van der Waals surface area contributed by atoms with Crippen molar-refractivity contribution in [2.75, 3.05) is 7.11 Å². The highest BCUT2D eigenvalue weighted by Gasteiger charge is 1.73. The van der Waals surface area contributed by atoms with Gasteiger partial charge < -0.3 is 5.11 Å². The van der Waals surface area contributed by atoms with Gasteiger partial charge in [0, 0.05) is 19.0 Å². The molecule has 0 atom stereocenters. The smallest absolute Gasteiger partial charge is 0.0372 e. The number of aliphatic hydroxyl groups excluding tert-OH is 1. The van der Waals surface area contributed by atoms with Crippen molar-refractivity contribution >= 4 is 0 Å². The summed E-state index contributed by atoms with van der Waals surface area (Å²) >= 11 is 0. The molecule has 1 aromatic heterocycles. The first-order valence-electron chi connectivity index (χ1n) is 3.72. The van der Waals surface area contributed by atoms with Crippen molar-refractivity contribution in [3.63, 3.8) is 0 Å². The van der Waals surface area contributed by atoms with Crippen LogP contribution in [0, 0.1) is 6.92 Å². The summed E-state index contributed by atoms with van der Waals surface area (Å²) in [5, 5.41) is 7.00. The highest BCUT2D eigenvalue weighted by Crippen LogP contribution is 1.85. The van der Waals surface area contributed by atoms with E-state index in [-0.39, 0.29) is 0 Å². The Balaban J connectivity index is 0. The molecule has 64 valence electrons. The van der Waals surface area contributed by atoms with Crippen molar-refractivity contribution in [2.24, 2.45) is 0 Å². The van der Waals surface area contributed by atoms with Gasteiger partial charge in [-0.2, -0.15) is 0 Å². The van der Waals surface area contributed by atoms with Gasteiger partial charge in [-0.1, -0.05) is 19.9 Å². The highest BCUT2D eigenvalue weighted by atomic mass is 16.2. The van der Waals surface area contributed by atoms with Crippen molar-refractivity contribution in [3.8, 4) is 0 Å². The second kappa shape index (κ2) is 11.9. The molecule has 0 unspecified atom stereocenters. The van der Waals surface area contributed by atoms with Gasteiger partial charge in [-0.05, 0) is 19.1 Å². The first kappa shape index (κ1) is 12.8. The van der Waals surface area contributed by atoms with Gasteiger partial charge in [0.25, 0.3) is 0 Å². The van der Waals surface area contributed by atoms with Crippen LogP contribution in [0.5, 0.6) is 0 Å². The van der Waals surface area contributed by atoms with Crippen LogP contribution in [0.15, 0.2) is 24.4 Å². The lowest BCUT2D eigenvalue weighted by atomic mass is 10.4. The molecule has 0 saturated carbocycles. The maximum atomic E-state index is 7.00. The summed E-state index contributed by atoms with van der Waals surface area (Å²) in [4.78, 5) is 3.98. The van der Waals surface area contributed by atoms with Gasteiger partial charge in [-0.25, -0.2) is 0 Å². The quantitative estimate of drug-likeness (QED) is 0.621. The Hall–Kier alpha value is -0.890. The Labute approximate surface area is 68.9 Å². The molecule has 1 N–H and O–H groups in total. The fourth-order valence-corrected chi connectivity index (χ4v) is 0.448. The third-order valence-corrected chi connectivity index (χ3v) is 0.813. The van der Waals surface area contributed by atoms with Gasteiger partial charge >= 0.3 is 0 Å². The van der Waals surface area contributed by atoms with Crippen LogP contribution in [0.3, 0.4) is 0 Å². The summed E-state index contributed by atoms with van der Waals surface area (Å²) in [6, 6.07) is 5.86. The van der Waals surface area contributed by atoms with Crippen LogP contribution in [0.25, 0.3) is 0 Å². The molecule has 0 saturated heterocycles. The van der Waals surface area contributed by atoms with Gasteiger partial charge in [0.2, 0.25) is 0 Å². The van der Waals surface area contributed by atoms with Crippen molar-refractivity contribution in [2.45, 2.75) is 20.8 Å². The van der Waals surface area contributed by atoms with Gasteiger partial charge in [0.1, 0.15) is 0 Å². The lowest BCUT2D eigenvalue weighted by Gasteiger charge is -1.82. The SMILES string of the molecule is CC.CO.Cc1ccccn1. The van der Waals surface area contributed by atoms with E-state index < -0.39 is 0 Å². The van der Waals surface area contributed by atoms with E-state index in [1.54, 1.807) is 6.20 Å². The van der Waals surface area contributed by atoms with Crippen LogP contribution in [-0.4, -0.2) is 17.2 Å². The minimum absolute atomic E-state index is 1.00. The molecule has 0 fully saturated rings. The highest BCUT2D eigenvalue weighted by molar-refractivity contribution is 4.99. The molecule has 0 bridgehead atoms. The Kier molecular flexibility index (Phi) is 13.7. The van der Waals surface area contributed by atoms with Gasteiger partial charge in [0.15, 0.2) is 0 Å². The monoisotopic (exact) mass is 155 g/mol. The number of hydrogen-bond donors (Lipinski definition) is 1. The molecule has 0 aromatic carbocycles. The molecule has 2 nitrogen and oxygen atoms in total. The lowest BCUT2D eigenvalue weighted by Crippen LogP contribution is -1.72. The van der Waals surface area contributed by atoms with E-state index >= 15 is 0 Å². The second-order valence-corrected chi connectivity index (χ2v) is 1.47. The van der Waals surface area contributed by atoms with Gasteiger partial charge in [-0.15, -0.1) is 0 Å². The van der Waals surface area contributed by atoms with Crippen LogP contribution in [-0.2, 0) is 0 Å². The topological polar surface area (TPSA) is 33.1 Å². The fraction of sp³-hybridized carbons (Fsp3) is 0.444. The van der Waals surface area contributed by atoms with E-state index in [4.69, 9.17) is 5.11 Å². The molecule has 2 heteroatoms. The second-order valence-electron chi connectivity index (χ2n) is 1.47. The molecule has 0 radical (unpaired) electrons. The summed E-state index contributed by atoms with van der Waals surface area (Å²) in [7, 11) is 1.00. The molecular formula is C9H17NO. The Bertz CT molecular complexity index is 139. The standard InChI is InChI=1S/C6H7N.C2H6.CH4O/c1-6-4-2-3-5-7-6;2*1-2/h2-5H,1H3;1-2H3;2H,1H3.